The van der Waals surface area contributed by atoms with E-state index in [1.54, 1.807) is 13.0 Å². The van der Waals surface area contributed by atoms with Gasteiger partial charge in [-0.25, -0.2) is 4.79 Å². The molecule has 1 N–H and O–H groups in total. The molecule has 18 heavy (non-hydrogen) atoms. The summed E-state index contributed by atoms with van der Waals surface area (Å²) in [7, 11) is 0. The maximum atomic E-state index is 11.6. The molecule has 1 rings (SSSR count). The van der Waals surface area contributed by atoms with Crippen LogP contribution in [-0.4, -0.2) is 23.5 Å². The van der Waals surface area contributed by atoms with Gasteiger partial charge in [0.15, 0.2) is 12.4 Å². The minimum Gasteiger partial charge on any atom is -0.480 e. The minimum absolute atomic E-state index is 0.0215. The Balaban J connectivity index is 3.05. The highest BCUT2D eigenvalue weighted by molar-refractivity contribution is 6.45. The van der Waals surface area contributed by atoms with Crippen LogP contribution in [-0.2, 0) is 4.79 Å². The number of ketones is 1. The van der Waals surface area contributed by atoms with E-state index in [9.17, 15) is 9.59 Å². The molecule has 4 nitrogen and oxygen atoms in total. The number of halogens is 2. The summed E-state index contributed by atoms with van der Waals surface area (Å²) in [5.41, 5.74) is 0.238. The lowest BCUT2D eigenvalue weighted by Gasteiger charge is -2.09. The van der Waals surface area contributed by atoms with Crippen molar-refractivity contribution in [2.75, 3.05) is 6.61 Å². The molecule has 0 heterocycles. The molecule has 0 aliphatic rings. The molecular weight excluding hydrogens is 279 g/mol. The van der Waals surface area contributed by atoms with Crippen molar-refractivity contribution in [3.8, 4) is 5.75 Å². The Labute approximate surface area is 114 Å². The molecule has 6 heteroatoms. The number of hydrogen-bond acceptors (Lipinski definition) is 3. The van der Waals surface area contributed by atoms with Gasteiger partial charge in [-0.05, 0) is 25.1 Å². The fourth-order valence-corrected chi connectivity index (χ4v) is 1.68. The topological polar surface area (TPSA) is 63.6 Å². The van der Waals surface area contributed by atoms with E-state index in [4.69, 9.17) is 33.0 Å². The zero-order chi connectivity index (χ0) is 13.7. The van der Waals surface area contributed by atoms with Gasteiger partial charge in [0.1, 0.15) is 10.8 Å². The summed E-state index contributed by atoms with van der Waals surface area (Å²) in [6.07, 6.45) is 2.94. The van der Waals surface area contributed by atoms with Gasteiger partial charge in [-0.15, -0.1) is 0 Å². The van der Waals surface area contributed by atoms with Crippen molar-refractivity contribution in [2.45, 2.75) is 6.92 Å². The first kappa shape index (κ1) is 14.5. The Morgan fingerprint density at radius 1 is 1.33 bits per heavy atom. The molecule has 0 aromatic heterocycles. The molecule has 0 fully saturated rings. The summed E-state index contributed by atoms with van der Waals surface area (Å²) in [6.45, 7) is 1.18. The second-order valence-electron chi connectivity index (χ2n) is 3.29. The second kappa shape index (κ2) is 6.42. The highest BCUT2D eigenvalue weighted by Crippen LogP contribution is 2.35. The van der Waals surface area contributed by atoms with Gasteiger partial charge in [0.2, 0.25) is 0 Å². The lowest BCUT2D eigenvalue weighted by atomic mass is 10.1. The quantitative estimate of drug-likeness (QED) is 0.667. The summed E-state index contributed by atoms with van der Waals surface area (Å²) >= 11 is 11.8. The number of carbonyl (C=O) groups is 2. The summed E-state index contributed by atoms with van der Waals surface area (Å²) in [5, 5.41) is 8.55. The van der Waals surface area contributed by atoms with Crippen LogP contribution < -0.4 is 4.74 Å². The van der Waals surface area contributed by atoms with Crippen LogP contribution in [0.15, 0.2) is 24.3 Å². The lowest BCUT2D eigenvalue weighted by Crippen LogP contribution is -2.10. The molecule has 0 atom stereocenters. The molecule has 1 aromatic carbocycles. The fraction of sp³-hybridized carbons (Fsp3) is 0.167. The molecular formula is C12H10Cl2O4. The number of ether oxygens (including phenoxy) is 1. The average Bonchev–Trinajstić information content (AvgIpc) is 2.31. The highest BCUT2D eigenvalue weighted by atomic mass is 35.5. The summed E-state index contributed by atoms with van der Waals surface area (Å²) in [4.78, 5) is 22.0. The van der Waals surface area contributed by atoms with Crippen molar-refractivity contribution in [3.63, 3.8) is 0 Å². The Morgan fingerprint density at radius 2 is 2.00 bits per heavy atom. The maximum absolute atomic E-state index is 11.6. The average molecular weight is 289 g/mol. The van der Waals surface area contributed by atoms with Crippen molar-refractivity contribution in [1.29, 1.82) is 0 Å². The zero-order valence-corrected chi connectivity index (χ0v) is 11.0. The molecule has 96 valence electrons. The Kier molecular flexibility index (Phi) is 5.19. The molecule has 0 aliphatic carbocycles. The molecule has 0 radical (unpaired) electrons. The van der Waals surface area contributed by atoms with E-state index in [0.717, 1.165) is 0 Å². The van der Waals surface area contributed by atoms with E-state index in [1.165, 1.54) is 18.2 Å². The third-order valence-corrected chi connectivity index (χ3v) is 2.85. The molecule has 0 spiro atoms. The Bertz CT molecular complexity index is 509. The van der Waals surface area contributed by atoms with Gasteiger partial charge in [0.25, 0.3) is 0 Å². The standard InChI is InChI=1S/C12H10Cl2O4/c1-2-3-8(15)7-4-5-9(12(14)11(7)13)18-6-10(16)17/h2-5H,6H2,1H3,(H,16,17). The Hall–Kier alpha value is -1.52. The number of carboxylic acid groups (broad SMARTS) is 1. The third-order valence-electron chi connectivity index (χ3n) is 1.98. The maximum Gasteiger partial charge on any atom is 0.341 e. The first-order valence-corrected chi connectivity index (χ1v) is 5.72. The van der Waals surface area contributed by atoms with Crippen molar-refractivity contribution in [1.82, 2.24) is 0 Å². The summed E-state index contributed by atoms with van der Waals surface area (Å²) < 4.78 is 4.93. The monoisotopic (exact) mass is 288 g/mol. The van der Waals surface area contributed by atoms with Gasteiger partial charge in [0, 0.05) is 5.56 Å². The number of carbonyl (C=O) groups excluding carboxylic acids is 1. The third kappa shape index (κ3) is 3.48. The van der Waals surface area contributed by atoms with Gasteiger partial charge < -0.3 is 9.84 Å². The van der Waals surface area contributed by atoms with Crippen LogP contribution in [0, 0.1) is 0 Å². The normalized spacial score (nSPS) is 10.6. The van der Waals surface area contributed by atoms with Crippen LogP contribution in [0.25, 0.3) is 0 Å². The van der Waals surface area contributed by atoms with Gasteiger partial charge in [-0.1, -0.05) is 29.3 Å². The van der Waals surface area contributed by atoms with E-state index in [0.29, 0.717) is 0 Å². The van der Waals surface area contributed by atoms with Gasteiger partial charge in [0.05, 0.1) is 5.02 Å². The number of carboxylic acids is 1. The number of hydrogen-bond donors (Lipinski definition) is 1. The van der Waals surface area contributed by atoms with Gasteiger partial charge >= 0.3 is 5.97 Å². The molecule has 1 aromatic rings. The largest absolute Gasteiger partial charge is 0.480 e. The van der Waals surface area contributed by atoms with E-state index in [2.05, 4.69) is 0 Å². The van der Waals surface area contributed by atoms with Crippen molar-refractivity contribution < 1.29 is 19.4 Å². The smallest absolute Gasteiger partial charge is 0.341 e. The zero-order valence-electron chi connectivity index (χ0n) is 9.44. The predicted molar refractivity (Wildman–Crippen MR) is 68.7 cm³/mol. The summed E-state index contributed by atoms with van der Waals surface area (Å²) in [5.74, 6) is -1.29. The fourth-order valence-electron chi connectivity index (χ4n) is 1.21. The molecule has 0 bridgehead atoms. The van der Waals surface area contributed by atoms with Gasteiger partial charge in [-0.3, -0.25) is 4.79 Å². The van der Waals surface area contributed by atoms with E-state index >= 15 is 0 Å². The lowest BCUT2D eigenvalue weighted by molar-refractivity contribution is -0.139. The predicted octanol–water partition coefficient (Wildman–Crippen LogP) is 3.22. The van der Waals surface area contributed by atoms with Crippen LogP contribution >= 0.6 is 23.2 Å². The molecule has 0 unspecified atom stereocenters. The Morgan fingerprint density at radius 3 is 2.56 bits per heavy atom. The number of rotatable bonds is 5. The van der Waals surface area contributed by atoms with E-state index in [-0.39, 0.29) is 27.1 Å². The van der Waals surface area contributed by atoms with Crippen LogP contribution in [0.3, 0.4) is 0 Å². The van der Waals surface area contributed by atoms with Crippen molar-refractivity contribution in [2.24, 2.45) is 0 Å². The molecule has 0 amide bonds. The van der Waals surface area contributed by atoms with Gasteiger partial charge in [-0.2, -0.15) is 0 Å². The molecule has 0 aliphatic heterocycles. The number of aliphatic carboxylic acids is 1. The first-order chi connectivity index (χ1) is 8.47. The van der Waals surface area contributed by atoms with Crippen LogP contribution in [0.4, 0.5) is 0 Å². The number of benzene rings is 1. The SMILES string of the molecule is CC=CC(=O)c1ccc(OCC(=O)O)c(Cl)c1Cl. The van der Waals surface area contributed by atoms with E-state index in [1.807, 2.05) is 0 Å². The molecule has 0 saturated carbocycles. The first-order valence-electron chi connectivity index (χ1n) is 4.97. The van der Waals surface area contributed by atoms with E-state index < -0.39 is 12.6 Å². The highest BCUT2D eigenvalue weighted by Gasteiger charge is 2.15. The molecule has 0 saturated heterocycles. The summed E-state index contributed by atoms with van der Waals surface area (Å²) in [6, 6.07) is 2.85. The van der Waals surface area contributed by atoms with Crippen LogP contribution in [0.5, 0.6) is 5.75 Å². The van der Waals surface area contributed by atoms with Crippen LogP contribution in [0.1, 0.15) is 17.3 Å². The minimum atomic E-state index is -1.13. The second-order valence-corrected chi connectivity index (χ2v) is 4.04. The number of allylic oxidation sites excluding steroid dienone is 2. The van der Waals surface area contributed by atoms with Crippen LogP contribution in [0.2, 0.25) is 10.0 Å². The van der Waals surface area contributed by atoms with Crippen molar-refractivity contribution >= 4 is 35.0 Å². The van der Waals surface area contributed by atoms with Crippen molar-refractivity contribution in [3.05, 3.63) is 39.9 Å².